The van der Waals surface area contributed by atoms with E-state index in [-0.39, 0.29) is 0 Å². The SMILES string of the molecule is COc1ccc(CN2CCC(N)C2)c2ccccc12. The van der Waals surface area contributed by atoms with Gasteiger partial charge in [0.05, 0.1) is 7.11 Å². The maximum Gasteiger partial charge on any atom is 0.126 e. The van der Waals surface area contributed by atoms with Crippen molar-refractivity contribution in [3.05, 3.63) is 42.0 Å². The van der Waals surface area contributed by atoms with Crippen molar-refractivity contribution in [1.29, 1.82) is 0 Å². The van der Waals surface area contributed by atoms with Crippen LogP contribution in [-0.2, 0) is 6.54 Å². The molecule has 0 saturated carbocycles. The largest absolute Gasteiger partial charge is 0.496 e. The molecule has 2 aromatic rings. The van der Waals surface area contributed by atoms with Crippen molar-refractivity contribution < 1.29 is 4.74 Å². The summed E-state index contributed by atoms with van der Waals surface area (Å²) in [6.07, 6.45) is 1.11. The van der Waals surface area contributed by atoms with E-state index in [1.54, 1.807) is 7.11 Å². The molecule has 0 aromatic heterocycles. The molecular formula is C16H20N2O. The van der Waals surface area contributed by atoms with Crippen LogP contribution in [0.15, 0.2) is 36.4 Å². The monoisotopic (exact) mass is 256 g/mol. The zero-order chi connectivity index (χ0) is 13.2. The van der Waals surface area contributed by atoms with Gasteiger partial charge in [-0.05, 0) is 23.4 Å². The molecule has 1 atom stereocenters. The van der Waals surface area contributed by atoms with E-state index in [1.807, 2.05) is 0 Å². The van der Waals surface area contributed by atoms with E-state index in [1.165, 1.54) is 16.3 Å². The zero-order valence-electron chi connectivity index (χ0n) is 11.3. The van der Waals surface area contributed by atoms with Gasteiger partial charge in [-0.2, -0.15) is 0 Å². The van der Waals surface area contributed by atoms with Gasteiger partial charge in [0.25, 0.3) is 0 Å². The highest BCUT2D eigenvalue weighted by Crippen LogP contribution is 2.29. The Kier molecular flexibility index (Phi) is 3.40. The van der Waals surface area contributed by atoms with E-state index in [0.717, 1.165) is 31.8 Å². The second-order valence-electron chi connectivity index (χ2n) is 5.26. The molecule has 3 rings (SSSR count). The first-order valence-corrected chi connectivity index (χ1v) is 6.80. The molecule has 0 amide bonds. The van der Waals surface area contributed by atoms with Gasteiger partial charge < -0.3 is 10.5 Å². The minimum Gasteiger partial charge on any atom is -0.496 e. The maximum atomic E-state index is 5.98. The summed E-state index contributed by atoms with van der Waals surface area (Å²) >= 11 is 0. The normalized spacial score (nSPS) is 20.0. The highest BCUT2D eigenvalue weighted by Gasteiger charge is 2.19. The number of likely N-dealkylation sites (tertiary alicyclic amines) is 1. The van der Waals surface area contributed by atoms with Gasteiger partial charge in [0, 0.05) is 31.1 Å². The average Bonchev–Trinajstić information content (AvgIpc) is 2.85. The summed E-state index contributed by atoms with van der Waals surface area (Å²) in [5, 5.41) is 2.47. The van der Waals surface area contributed by atoms with Crippen molar-refractivity contribution in [2.24, 2.45) is 5.73 Å². The minimum absolute atomic E-state index is 0.338. The van der Waals surface area contributed by atoms with Crippen LogP contribution < -0.4 is 10.5 Å². The summed E-state index contributed by atoms with van der Waals surface area (Å²) in [5.74, 6) is 0.942. The fourth-order valence-corrected chi connectivity index (χ4v) is 2.90. The van der Waals surface area contributed by atoms with Gasteiger partial charge in [-0.25, -0.2) is 0 Å². The Morgan fingerprint density at radius 2 is 2.00 bits per heavy atom. The smallest absolute Gasteiger partial charge is 0.126 e. The summed E-state index contributed by atoms with van der Waals surface area (Å²) in [4.78, 5) is 2.43. The van der Waals surface area contributed by atoms with E-state index >= 15 is 0 Å². The van der Waals surface area contributed by atoms with Crippen LogP contribution in [0.1, 0.15) is 12.0 Å². The Morgan fingerprint density at radius 1 is 1.21 bits per heavy atom. The third-order valence-corrected chi connectivity index (χ3v) is 3.90. The number of rotatable bonds is 3. The lowest BCUT2D eigenvalue weighted by molar-refractivity contribution is 0.328. The van der Waals surface area contributed by atoms with Crippen molar-refractivity contribution in [2.45, 2.75) is 19.0 Å². The van der Waals surface area contributed by atoms with Crippen LogP contribution in [0.4, 0.5) is 0 Å². The van der Waals surface area contributed by atoms with E-state index in [2.05, 4.69) is 41.3 Å². The Bertz CT molecular complexity index is 582. The number of nitrogens with two attached hydrogens (primary N) is 1. The number of hydrogen-bond donors (Lipinski definition) is 1. The number of hydrogen-bond acceptors (Lipinski definition) is 3. The van der Waals surface area contributed by atoms with Crippen molar-refractivity contribution in [1.82, 2.24) is 4.90 Å². The second-order valence-corrected chi connectivity index (χ2v) is 5.26. The zero-order valence-corrected chi connectivity index (χ0v) is 11.3. The van der Waals surface area contributed by atoms with Crippen molar-refractivity contribution in [3.8, 4) is 5.75 Å². The second kappa shape index (κ2) is 5.19. The van der Waals surface area contributed by atoms with E-state index in [4.69, 9.17) is 10.5 Å². The third-order valence-electron chi connectivity index (χ3n) is 3.90. The standard InChI is InChI=1S/C16H20N2O/c1-19-16-7-6-12(10-18-9-8-13(17)11-18)14-4-2-3-5-15(14)16/h2-7,13H,8-11,17H2,1H3. The fourth-order valence-electron chi connectivity index (χ4n) is 2.90. The van der Waals surface area contributed by atoms with Gasteiger partial charge in [0.15, 0.2) is 0 Å². The maximum absolute atomic E-state index is 5.98. The lowest BCUT2D eigenvalue weighted by atomic mass is 10.0. The molecule has 0 radical (unpaired) electrons. The highest BCUT2D eigenvalue weighted by atomic mass is 16.5. The lowest BCUT2D eigenvalue weighted by Crippen LogP contribution is -2.26. The molecule has 19 heavy (non-hydrogen) atoms. The molecule has 0 bridgehead atoms. The topological polar surface area (TPSA) is 38.5 Å². The molecule has 2 aromatic carbocycles. The predicted molar refractivity (Wildman–Crippen MR) is 78.4 cm³/mol. The summed E-state index contributed by atoms with van der Waals surface area (Å²) in [5.41, 5.74) is 7.33. The minimum atomic E-state index is 0.338. The predicted octanol–water partition coefficient (Wildman–Crippen LogP) is 2.38. The third kappa shape index (κ3) is 2.44. The number of fused-ring (bicyclic) bond motifs is 1. The highest BCUT2D eigenvalue weighted by molar-refractivity contribution is 5.91. The average molecular weight is 256 g/mol. The van der Waals surface area contributed by atoms with Crippen LogP contribution in [0.5, 0.6) is 5.75 Å². The van der Waals surface area contributed by atoms with E-state index in [9.17, 15) is 0 Å². The Hall–Kier alpha value is -1.58. The van der Waals surface area contributed by atoms with Crippen molar-refractivity contribution in [2.75, 3.05) is 20.2 Å². The number of ether oxygens (including phenoxy) is 1. The molecule has 2 N–H and O–H groups in total. The first-order chi connectivity index (χ1) is 9.28. The Morgan fingerprint density at radius 3 is 2.68 bits per heavy atom. The van der Waals surface area contributed by atoms with Gasteiger partial charge in [0.2, 0.25) is 0 Å². The van der Waals surface area contributed by atoms with E-state index < -0.39 is 0 Å². The molecule has 1 unspecified atom stereocenters. The van der Waals surface area contributed by atoms with Crippen molar-refractivity contribution in [3.63, 3.8) is 0 Å². The molecule has 0 spiro atoms. The van der Waals surface area contributed by atoms with Crippen LogP contribution in [0.2, 0.25) is 0 Å². The van der Waals surface area contributed by atoms with Crippen LogP contribution in [0, 0.1) is 0 Å². The summed E-state index contributed by atoms with van der Waals surface area (Å²) in [6, 6.07) is 13.0. The summed E-state index contributed by atoms with van der Waals surface area (Å²) in [7, 11) is 1.72. The Balaban J connectivity index is 1.95. The first kappa shape index (κ1) is 12.5. The molecule has 1 fully saturated rings. The van der Waals surface area contributed by atoms with Gasteiger partial charge in [0.1, 0.15) is 5.75 Å². The molecular weight excluding hydrogens is 236 g/mol. The molecule has 3 heteroatoms. The number of nitrogens with zero attached hydrogens (tertiary/aromatic N) is 1. The van der Waals surface area contributed by atoms with Gasteiger partial charge >= 0.3 is 0 Å². The summed E-state index contributed by atoms with van der Waals surface area (Å²) < 4.78 is 5.44. The summed E-state index contributed by atoms with van der Waals surface area (Å²) in [6.45, 7) is 3.07. The number of methoxy groups -OCH3 is 1. The molecule has 3 nitrogen and oxygen atoms in total. The molecule has 1 heterocycles. The van der Waals surface area contributed by atoms with Crippen LogP contribution in [-0.4, -0.2) is 31.1 Å². The van der Waals surface area contributed by atoms with Crippen LogP contribution >= 0.6 is 0 Å². The molecule has 1 aliphatic rings. The lowest BCUT2D eigenvalue weighted by Gasteiger charge is -2.17. The number of benzene rings is 2. The molecule has 1 saturated heterocycles. The van der Waals surface area contributed by atoms with E-state index in [0.29, 0.717) is 6.04 Å². The van der Waals surface area contributed by atoms with Gasteiger partial charge in [-0.3, -0.25) is 4.90 Å². The van der Waals surface area contributed by atoms with Gasteiger partial charge in [-0.15, -0.1) is 0 Å². The first-order valence-electron chi connectivity index (χ1n) is 6.80. The molecule has 1 aliphatic heterocycles. The Labute approximate surface area is 114 Å². The molecule has 0 aliphatic carbocycles. The van der Waals surface area contributed by atoms with Crippen LogP contribution in [0.25, 0.3) is 10.8 Å². The fraction of sp³-hybridized carbons (Fsp3) is 0.375. The van der Waals surface area contributed by atoms with Crippen LogP contribution in [0.3, 0.4) is 0 Å². The van der Waals surface area contributed by atoms with Crippen molar-refractivity contribution >= 4 is 10.8 Å². The van der Waals surface area contributed by atoms with Gasteiger partial charge in [-0.1, -0.05) is 30.3 Å². The quantitative estimate of drug-likeness (QED) is 0.916. The molecule has 100 valence electrons.